The van der Waals surface area contributed by atoms with Crippen LogP contribution in [0.15, 0.2) is 12.2 Å². The summed E-state index contributed by atoms with van der Waals surface area (Å²) in [7, 11) is 0. The van der Waals surface area contributed by atoms with E-state index in [9.17, 15) is 55.9 Å². The minimum Gasteiger partial charge on any atom is -0.465 e. The van der Waals surface area contributed by atoms with E-state index >= 15 is 0 Å². The van der Waals surface area contributed by atoms with Crippen molar-refractivity contribution in [2.24, 2.45) is 50.2 Å². The molecule has 4 aliphatic heterocycles. The molecule has 10 N–H and O–H groups in total. The average molecular weight is 985 g/mol. The maximum atomic E-state index is 12.8. The molecule has 4 heterocycles. The second-order valence-corrected chi connectivity index (χ2v) is 24.4. The van der Waals surface area contributed by atoms with Crippen LogP contribution in [0.1, 0.15) is 107 Å². The van der Waals surface area contributed by atoms with Gasteiger partial charge in [0.25, 0.3) is 0 Å². The van der Waals surface area contributed by atoms with Gasteiger partial charge in [-0.3, -0.25) is 4.79 Å². The molecule has 4 saturated carbocycles. The van der Waals surface area contributed by atoms with Gasteiger partial charge in [-0.15, -0.1) is 0 Å². The van der Waals surface area contributed by atoms with Crippen LogP contribution in [0.2, 0.25) is 0 Å². The van der Waals surface area contributed by atoms with Crippen molar-refractivity contribution in [1.29, 1.82) is 0 Å². The Kier molecular flexibility index (Phi) is 13.8. The fourth-order valence-electron chi connectivity index (χ4n) is 16.0. The van der Waals surface area contributed by atoms with Gasteiger partial charge in [0.2, 0.25) is 0 Å². The summed E-state index contributed by atoms with van der Waals surface area (Å²) >= 11 is 0. The number of carbonyl (C=O) groups is 1. The molecule has 19 heteroatoms. The van der Waals surface area contributed by atoms with Gasteiger partial charge in [0.1, 0.15) is 67.1 Å². The van der Waals surface area contributed by atoms with Crippen LogP contribution in [0, 0.1) is 50.2 Å². The number of hydrogen-bond acceptors (Lipinski definition) is 19. The highest BCUT2D eigenvalue weighted by Gasteiger charge is 2.79. The Bertz CT molecular complexity index is 1920. The normalized spacial score (nSPS) is 56.6. The molecular weight excluding hydrogens is 905 g/mol. The molecule has 1 spiro atoms. The van der Waals surface area contributed by atoms with Crippen LogP contribution in [-0.2, 0) is 42.7 Å². The molecule has 4 saturated heterocycles. The smallest absolute Gasteiger partial charge is 0.302 e. The molecule has 0 unspecified atom stereocenters. The first-order valence-electron chi connectivity index (χ1n) is 25.3. The fraction of sp³-hybridized carbons (Fsp3) is 0.940. The van der Waals surface area contributed by atoms with Crippen molar-refractivity contribution in [3.05, 3.63) is 12.2 Å². The number of ether oxygens (including phenoxy) is 8. The average Bonchev–Trinajstić information content (AvgIpc) is 3.57. The van der Waals surface area contributed by atoms with Gasteiger partial charge in [-0.1, -0.05) is 53.7 Å². The second-order valence-electron chi connectivity index (χ2n) is 24.4. The quantitative estimate of drug-likeness (QED) is 0.0793. The molecule has 0 aromatic carbocycles. The van der Waals surface area contributed by atoms with Gasteiger partial charge in [-0.25, -0.2) is 0 Å². The summed E-state index contributed by atoms with van der Waals surface area (Å²) in [5.74, 6) is -0.404. The molecule has 394 valence electrons. The summed E-state index contributed by atoms with van der Waals surface area (Å²) in [5, 5.41) is 109. The number of esters is 1. The minimum atomic E-state index is -1.90. The highest BCUT2D eigenvalue weighted by molar-refractivity contribution is 5.66. The van der Waals surface area contributed by atoms with Crippen LogP contribution in [0.25, 0.3) is 0 Å². The van der Waals surface area contributed by atoms with Crippen LogP contribution in [0.5, 0.6) is 0 Å². The van der Waals surface area contributed by atoms with E-state index < -0.39 is 140 Å². The maximum absolute atomic E-state index is 12.8. The SMILES string of the molecule is CC(=O)OC[C@@]1(C)[C@@H]2CC[C@]3(C)[C@H](C=C[C@]45OC[C@@]6(CCC(C)(C)C[C@H]64)[C@@H](O)C[C@]53C)[C@@]2(C)CC[C@@H]1O[C@@H]1O[C@H](C)[C@H](O)[C@H](O[C@@H]2O[C@H](CO)[C@@H](O)[C@H](O)[C@H]2O)[C@H]1O[C@@H]1O[C@H](CO)[C@@H](O)[C@H](O)[C@H]1O. The predicted octanol–water partition coefficient (Wildman–Crippen LogP) is 0.172. The third-order valence-electron chi connectivity index (χ3n) is 20.3. The first-order chi connectivity index (χ1) is 32.3. The molecule has 19 nitrogen and oxygen atoms in total. The van der Waals surface area contributed by atoms with Crippen molar-refractivity contribution >= 4 is 5.97 Å². The molecule has 9 rings (SSSR count). The fourth-order valence-corrected chi connectivity index (χ4v) is 16.0. The molecule has 2 bridgehead atoms. The molecule has 69 heavy (non-hydrogen) atoms. The van der Waals surface area contributed by atoms with Crippen LogP contribution in [0.4, 0.5) is 0 Å². The van der Waals surface area contributed by atoms with Crippen LogP contribution < -0.4 is 0 Å². The van der Waals surface area contributed by atoms with Crippen LogP contribution >= 0.6 is 0 Å². The lowest BCUT2D eigenvalue weighted by Crippen LogP contribution is -2.72. The van der Waals surface area contributed by atoms with Gasteiger partial charge in [0.05, 0.1) is 50.3 Å². The van der Waals surface area contributed by atoms with Crippen LogP contribution in [-0.4, -0.2) is 193 Å². The standard InChI is InChI=1S/C50H80O19/c1-23-32(55)39(68-41-37(60)35(58)33(56)25(19-51)65-41)40(69-42-38(61)36(59)34(57)26(20-52)66-42)43(64-23)67-31-11-12-45(5)27(46(31,6)21-62-24(2)53)9-13-47(7)28(45)10-14-50-29-17-44(3,4)15-16-49(29,22-63-50)30(54)18-48(47,50)8/h10,14,23,25-43,51-52,54-61H,9,11-13,15-22H2,1-8H3/t23-,25-,26-,27-,28-,29-,30+,31+,32+,33-,34-,35+,36+,37-,38-,39+,40-,41+,42+,43+,45+,46+,47-,48+,49-,50+/m1/s1. The lowest BCUT2D eigenvalue weighted by molar-refractivity contribution is -0.398. The van der Waals surface area contributed by atoms with E-state index in [1.807, 2.05) is 6.92 Å². The van der Waals surface area contributed by atoms with E-state index in [-0.39, 0.29) is 46.0 Å². The lowest BCUT2D eigenvalue weighted by atomic mass is 9.32. The van der Waals surface area contributed by atoms with Crippen molar-refractivity contribution in [2.45, 2.75) is 217 Å². The van der Waals surface area contributed by atoms with Gasteiger partial charge < -0.3 is 89.0 Å². The molecule has 9 aliphatic rings. The van der Waals surface area contributed by atoms with Gasteiger partial charge in [0.15, 0.2) is 18.9 Å². The molecule has 0 aromatic rings. The van der Waals surface area contributed by atoms with E-state index in [1.165, 1.54) is 6.92 Å². The van der Waals surface area contributed by atoms with E-state index in [0.29, 0.717) is 32.3 Å². The summed E-state index contributed by atoms with van der Waals surface area (Å²) in [5.41, 5.74) is -2.70. The van der Waals surface area contributed by atoms with Crippen molar-refractivity contribution in [1.82, 2.24) is 0 Å². The van der Waals surface area contributed by atoms with E-state index in [4.69, 9.17) is 37.9 Å². The lowest BCUT2D eigenvalue weighted by Gasteiger charge is -2.73. The zero-order valence-corrected chi connectivity index (χ0v) is 41.3. The van der Waals surface area contributed by atoms with Crippen molar-refractivity contribution in [3.63, 3.8) is 0 Å². The Labute approximate surface area is 404 Å². The Morgan fingerprint density at radius 1 is 0.667 bits per heavy atom. The zero-order valence-electron chi connectivity index (χ0n) is 41.3. The van der Waals surface area contributed by atoms with E-state index in [2.05, 4.69) is 46.8 Å². The van der Waals surface area contributed by atoms with Crippen molar-refractivity contribution < 1.29 is 93.8 Å². The first-order valence-corrected chi connectivity index (χ1v) is 25.3. The van der Waals surface area contributed by atoms with E-state index in [0.717, 1.165) is 25.7 Å². The summed E-state index contributed by atoms with van der Waals surface area (Å²) in [4.78, 5) is 12.8. The third-order valence-corrected chi connectivity index (χ3v) is 20.3. The third kappa shape index (κ3) is 7.79. The van der Waals surface area contributed by atoms with Gasteiger partial charge >= 0.3 is 5.97 Å². The van der Waals surface area contributed by atoms with E-state index in [1.54, 1.807) is 6.92 Å². The summed E-state index contributed by atoms with van der Waals surface area (Å²) < 4.78 is 50.6. The topological polar surface area (TPSA) is 293 Å². The highest BCUT2D eigenvalue weighted by atomic mass is 16.8. The number of carbonyl (C=O) groups excluding carboxylic acids is 1. The Balaban J connectivity index is 1.06. The van der Waals surface area contributed by atoms with Gasteiger partial charge in [-0.05, 0) is 86.4 Å². The monoisotopic (exact) mass is 985 g/mol. The Morgan fingerprint density at radius 3 is 1.87 bits per heavy atom. The highest BCUT2D eigenvalue weighted by Crippen LogP contribution is 2.79. The molecular formula is C50H80O19. The molecule has 0 radical (unpaired) electrons. The Hall–Kier alpha value is -1.47. The number of aliphatic hydroxyl groups is 10. The summed E-state index contributed by atoms with van der Waals surface area (Å²) in [6.07, 6.45) is -14.8. The minimum absolute atomic E-state index is 0.0252. The number of hydrogen-bond donors (Lipinski definition) is 10. The first kappa shape index (κ1) is 52.4. The molecule has 0 amide bonds. The van der Waals surface area contributed by atoms with Gasteiger partial charge in [-0.2, -0.15) is 0 Å². The molecule has 8 fully saturated rings. The summed E-state index contributed by atoms with van der Waals surface area (Å²) in [6, 6.07) is 0. The van der Waals surface area contributed by atoms with Crippen molar-refractivity contribution in [3.8, 4) is 0 Å². The maximum Gasteiger partial charge on any atom is 0.302 e. The molecule has 0 aromatic heterocycles. The largest absolute Gasteiger partial charge is 0.465 e. The summed E-state index contributed by atoms with van der Waals surface area (Å²) in [6.45, 7) is 15.7. The Morgan fingerprint density at radius 2 is 1.28 bits per heavy atom. The number of aliphatic hydroxyl groups excluding tert-OH is 10. The van der Waals surface area contributed by atoms with Crippen molar-refractivity contribution in [2.75, 3.05) is 26.4 Å². The zero-order chi connectivity index (χ0) is 50.2. The number of rotatable bonds is 10. The predicted molar refractivity (Wildman–Crippen MR) is 239 cm³/mol. The van der Waals surface area contributed by atoms with Gasteiger partial charge in [0, 0.05) is 29.1 Å². The second kappa shape index (κ2) is 18.1. The molecule has 5 aliphatic carbocycles. The van der Waals surface area contributed by atoms with Crippen LogP contribution in [0.3, 0.4) is 0 Å². The molecule has 26 atom stereocenters. The number of fused-ring (bicyclic) bond motifs is 4. The number of allylic oxidation sites excluding steroid dienone is 1.